The molecule has 8 heteroatoms. The van der Waals surface area contributed by atoms with E-state index in [9.17, 15) is 20.1 Å². The first-order chi connectivity index (χ1) is 24.8. The number of fused-ring (bicyclic) bond motifs is 2. The van der Waals surface area contributed by atoms with Gasteiger partial charge in [0.2, 0.25) is 0 Å². The zero-order valence-electron chi connectivity index (χ0n) is 29.4. The molecular formula is C43H40N2O4S2. The summed E-state index contributed by atoms with van der Waals surface area (Å²) in [6, 6.07) is 29.4. The molecule has 2 heterocycles. The SMILES string of the molecule is CCOC(=O)[C@]1(C#N)[C@@H]2C(c3cc(-c4ccccc4)sc3C)=C(c3cc(-c4ccccc4)sc3C)[C@@H](C2=C2CCCCC2)[C@@]1(C#N)C(=O)OCC. The number of thiophene rings is 2. The van der Waals surface area contributed by atoms with Gasteiger partial charge in [-0.3, -0.25) is 9.59 Å². The van der Waals surface area contributed by atoms with Crippen molar-refractivity contribution in [2.45, 2.75) is 59.8 Å². The molecule has 0 saturated heterocycles. The van der Waals surface area contributed by atoms with Gasteiger partial charge in [0.15, 0.2) is 10.8 Å². The first-order valence-electron chi connectivity index (χ1n) is 17.7. The molecule has 4 atom stereocenters. The van der Waals surface area contributed by atoms with Crippen LogP contribution in [0.25, 0.3) is 32.0 Å². The lowest BCUT2D eigenvalue weighted by molar-refractivity contribution is -0.171. The summed E-state index contributed by atoms with van der Waals surface area (Å²) in [4.78, 5) is 33.5. The fourth-order valence-corrected chi connectivity index (χ4v) is 10.9. The number of hydrogen-bond acceptors (Lipinski definition) is 8. The zero-order valence-corrected chi connectivity index (χ0v) is 31.0. The Hall–Kier alpha value is -4.76. The van der Waals surface area contributed by atoms with Crippen molar-refractivity contribution in [2.75, 3.05) is 13.2 Å². The standard InChI is InChI=1S/C43H40N2O4S2/c1-5-48-40(46)42(24-44)38-35(30-20-14-9-15-21-30)39(43(42,25-45)41(47)49-6-2)37(32-23-34(51-27(32)4)29-18-12-8-13-19-29)36(38)31-22-33(50-26(31)3)28-16-10-7-11-17-28/h7-8,10-13,16-19,22-23,38-39H,5-6,9,14-15,20-21H2,1-4H3/t38-,39+,42-,43-/m0/s1. The number of nitrogens with zero attached hydrogens (tertiary/aromatic N) is 2. The third-order valence-corrected chi connectivity index (χ3v) is 13.1. The number of allylic oxidation sites excluding steroid dienone is 4. The smallest absolute Gasteiger partial charge is 0.329 e. The molecule has 0 unspecified atom stereocenters. The molecule has 258 valence electrons. The van der Waals surface area contributed by atoms with Crippen molar-refractivity contribution in [1.82, 2.24) is 0 Å². The Morgan fingerprint density at radius 3 is 1.49 bits per heavy atom. The Kier molecular flexibility index (Phi) is 9.35. The van der Waals surface area contributed by atoms with E-state index in [1.54, 1.807) is 36.5 Å². The molecule has 2 fully saturated rings. The highest BCUT2D eigenvalue weighted by molar-refractivity contribution is 7.16. The van der Waals surface area contributed by atoms with E-state index >= 15 is 0 Å². The average Bonchev–Trinajstić information content (AvgIpc) is 3.90. The summed E-state index contributed by atoms with van der Waals surface area (Å²) in [5, 5.41) is 22.9. The lowest BCUT2D eigenvalue weighted by Gasteiger charge is -2.42. The van der Waals surface area contributed by atoms with E-state index in [0.29, 0.717) is 0 Å². The van der Waals surface area contributed by atoms with Crippen LogP contribution in [-0.2, 0) is 19.1 Å². The Morgan fingerprint density at radius 2 is 1.12 bits per heavy atom. The fourth-order valence-electron chi connectivity index (χ4n) is 8.85. The van der Waals surface area contributed by atoms with Crippen LogP contribution < -0.4 is 0 Å². The Balaban J connectivity index is 1.64. The van der Waals surface area contributed by atoms with Crippen LogP contribution in [0, 0.1) is 59.2 Å². The summed E-state index contributed by atoms with van der Waals surface area (Å²) in [5.41, 5.74) is 3.36. The first-order valence-corrected chi connectivity index (χ1v) is 19.4. The maximum Gasteiger partial charge on any atom is 0.329 e. The molecule has 51 heavy (non-hydrogen) atoms. The number of aryl methyl sites for hydroxylation is 2. The van der Waals surface area contributed by atoms with E-state index < -0.39 is 34.6 Å². The molecule has 2 bridgehead atoms. The molecule has 2 aromatic heterocycles. The zero-order chi connectivity index (χ0) is 35.9. The Labute approximate surface area is 307 Å². The number of benzene rings is 2. The predicted octanol–water partition coefficient (Wildman–Crippen LogP) is 10.3. The second-order valence-electron chi connectivity index (χ2n) is 13.5. The highest BCUT2D eigenvalue weighted by atomic mass is 32.1. The molecular weight excluding hydrogens is 673 g/mol. The monoisotopic (exact) mass is 712 g/mol. The van der Waals surface area contributed by atoms with Crippen LogP contribution >= 0.6 is 22.7 Å². The molecule has 4 aromatic rings. The van der Waals surface area contributed by atoms with Crippen LogP contribution in [0.15, 0.2) is 83.9 Å². The number of carbonyl (C=O) groups is 2. The van der Waals surface area contributed by atoms with E-state index in [1.807, 2.05) is 36.4 Å². The van der Waals surface area contributed by atoms with Crippen molar-refractivity contribution in [3.05, 3.63) is 105 Å². The number of hydrogen-bond donors (Lipinski definition) is 0. The van der Waals surface area contributed by atoms with Gasteiger partial charge in [0, 0.05) is 31.3 Å². The van der Waals surface area contributed by atoms with Gasteiger partial charge in [-0.05, 0) is 98.9 Å². The van der Waals surface area contributed by atoms with Crippen LogP contribution in [0.5, 0.6) is 0 Å². The van der Waals surface area contributed by atoms with Gasteiger partial charge in [0.05, 0.1) is 25.4 Å². The van der Waals surface area contributed by atoms with E-state index in [2.05, 4.69) is 62.4 Å². The summed E-state index contributed by atoms with van der Waals surface area (Å²) in [6.45, 7) is 7.53. The quantitative estimate of drug-likeness (QED) is 0.133. The van der Waals surface area contributed by atoms with Gasteiger partial charge in [-0.25, -0.2) is 0 Å². The van der Waals surface area contributed by atoms with Crippen molar-refractivity contribution in [2.24, 2.45) is 22.7 Å². The Bertz CT molecular complexity index is 2010. The molecule has 6 nitrogen and oxygen atoms in total. The van der Waals surface area contributed by atoms with Crippen LogP contribution in [0.3, 0.4) is 0 Å². The van der Waals surface area contributed by atoms with Crippen molar-refractivity contribution in [3.63, 3.8) is 0 Å². The molecule has 0 aliphatic heterocycles. The van der Waals surface area contributed by atoms with Crippen LogP contribution in [0.1, 0.15) is 66.8 Å². The summed E-state index contributed by atoms with van der Waals surface area (Å²) in [7, 11) is 0. The molecule has 0 N–H and O–H groups in total. The topological polar surface area (TPSA) is 100 Å². The maximum absolute atomic E-state index is 14.6. The Morgan fingerprint density at radius 1 is 0.706 bits per heavy atom. The largest absolute Gasteiger partial charge is 0.465 e. The number of ether oxygens (including phenoxy) is 2. The maximum atomic E-state index is 14.6. The van der Waals surface area contributed by atoms with Gasteiger partial charge in [0.1, 0.15) is 0 Å². The van der Waals surface area contributed by atoms with Crippen LogP contribution in [0.4, 0.5) is 0 Å². The molecule has 2 aromatic carbocycles. The number of esters is 2. The highest BCUT2D eigenvalue weighted by Crippen LogP contribution is 2.76. The molecule has 3 aliphatic rings. The van der Waals surface area contributed by atoms with Gasteiger partial charge in [-0.1, -0.05) is 78.2 Å². The van der Waals surface area contributed by atoms with E-state index in [0.717, 1.165) is 96.2 Å². The minimum Gasteiger partial charge on any atom is -0.465 e. The van der Waals surface area contributed by atoms with E-state index in [1.165, 1.54) is 0 Å². The van der Waals surface area contributed by atoms with E-state index in [-0.39, 0.29) is 13.2 Å². The highest BCUT2D eigenvalue weighted by Gasteiger charge is 2.82. The first kappa shape index (κ1) is 34.7. The number of carbonyl (C=O) groups excluding carboxylic acids is 2. The summed E-state index contributed by atoms with van der Waals surface area (Å²) >= 11 is 3.33. The van der Waals surface area contributed by atoms with Crippen LogP contribution in [-0.4, -0.2) is 25.2 Å². The molecule has 2 saturated carbocycles. The number of rotatable bonds is 8. The molecule has 0 radical (unpaired) electrons. The van der Waals surface area contributed by atoms with Crippen molar-refractivity contribution in [1.29, 1.82) is 10.5 Å². The summed E-state index contributed by atoms with van der Waals surface area (Å²) < 4.78 is 11.5. The van der Waals surface area contributed by atoms with E-state index in [4.69, 9.17) is 9.47 Å². The lowest BCUT2D eigenvalue weighted by Crippen LogP contribution is -2.56. The summed E-state index contributed by atoms with van der Waals surface area (Å²) in [5.74, 6) is -3.45. The third kappa shape index (κ3) is 5.14. The second-order valence-corrected chi connectivity index (χ2v) is 16.0. The molecule has 0 amide bonds. The van der Waals surface area contributed by atoms with Crippen molar-refractivity contribution in [3.8, 4) is 33.0 Å². The van der Waals surface area contributed by atoms with Gasteiger partial charge in [-0.2, -0.15) is 10.5 Å². The van der Waals surface area contributed by atoms with Gasteiger partial charge >= 0.3 is 11.9 Å². The van der Waals surface area contributed by atoms with Crippen molar-refractivity contribution < 1.29 is 19.1 Å². The normalized spacial score (nSPS) is 24.0. The molecule has 7 rings (SSSR count). The molecule has 0 spiro atoms. The number of nitriles is 2. The third-order valence-electron chi connectivity index (χ3n) is 10.9. The van der Waals surface area contributed by atoms with Gasteiger partial charge in [0.25, 0.3) is 0 Å². The predicted molar refractivity (Wildman–Crippen MR) is 202 cm³/mol. The minimum absolute atomic E-state index is 0.00149. The van der Waals surface area contributed by atoms with Crippen molar-refractivity contribution >= 4 is 45.8 Å². The lowest BCUT2D eigenvalue weighted by atomic mass is 9.54. The van der Waals surface area contributed by atoms with Gasteiger partial charge in [-0.15, -0.1) is 22.7 Å². The minimum atomic E-state index is -2.17. The summed E-state index contributed by atoms with van der Waals surface area (Å²) in [6.07, 6.45) is 4.58. The van der Waals surface area contributed by atoms with Crippen LogP contribution in [0.2, 0.25) is 0 Å². The average molecular weight is 713 g/mol. The second kappa shape index (κ2) is 13.8. The molecule has 3 aliphatic carbocycles. The fraction of sp³-hybridized carbons (Fsp3) is 0.349. The van der Waals surface area contributed by atoms with Gasteiger partial charge < -0.3 is 9.47 Å².